The second-order valence-electron chi connectivity index (χ2n) is 2.74. The number of Topliss-reactive ketones (excluding diaryl/α,β-unsaturated/α-hetero) is 1. The van der Waals surface area contributed by atoms with Crippen LogP contribution in [0.3, 0.4) is 0 Å². The highest BCUT2D eigenvalue weighted by atomic mass is 35.5. The van der Waals surface area contributed by atoms with E-state index in [1.165, 1.54) is 11.3 Å². The van der Waals surface area contributed by atoms with Crippen molar-refractivity contribution in [3.8, 4) is 0 Å². The summed E-state index contributed by atoms with van der Waals surface area (Å²) in [5, 5.41) is 0. The summed E-state index contributed by atoms with van der Waals surface area (Å²) in [6.45, 7) is 0. The molecule has 0 unspecified atom stereocenters. The molecule has 0 bridgehead atoms. The van der Waals surface area contributed by atoms with Crippen molar-refractivity contribution in [1.29, 1.82) is 0 Å². The molecule has 58 valence electrons. The molecule has 1 fully saturated rings. The van der Waals surface area contributed by atoms with Crippen molar-refractivity contribution in [1.82, 2.24) is 0 Å². The van der Waals surface area contributed by atoms with Gasteiger partial charge in [0.25, 0.3) is 0 Å². The highest BCUT2D eigenvalue weighted by Crippen LogP contribution is 2.35. The SMILES string of the molecule is O=C(c1ccc(Cl)s1)C1CC1. The number of hydrogen-bond donors (Lipinski definition) is 0. The molecule has 0 aliphatic heterocycles. The molecule has 0 radical (unpaired) electrons. The second kappa shape index (κ2) is 2.61. The third-order valence-electron chi connectivity index (χ3n) is 1.76. The van der Waals surface area contributed by atoms with Gasteiger partial charge in [-0.15, -0.1) is 11.3 Å². The first kappa shape index (κ1) is 7.32. The molecule has 0 spiro atoms. The summed E-state index contributed by atoms with van der Waals surface area (Å²) in [6, 6.07) is 3.59. The standard InChI is InChI=1S/C8H7ClOS/c9-7-4-3-6(11-7)8(10)5-1-2-5/h3-5H,1-2H2. The van der Waals surface area contributed by atoms with Crippen molar-refractivity contribution in [3.05, 3.63) is 21.3 Å². The average molecular weight is 187 g/mol. The molecule has 1 aliphatic carbocycles. The summed E-state index contributed by atoms with van der Waals surface area (Å²) in [7, 11) is 0. The molecule has 0 amide bonds. The second-order valence-corrected chi connectivity index (χ2v) is 4.46. The Hall–Kier alpha value is -0.340. The third-order valence-corrected chi connectivity index (χ3v) is 3.01. The Balaban J connectivity index is 2.21. The summed E-state index contributed by atoms with van der Waals surface area (Å²) >= 11 is 7.08. The van der Waals surface area contributed by atoms with E-state index in [1.54, 1.807) is 6.07 Å². The highest BCUT2D eigenvalue weighted by Gasteiger charge is 2.31. The molecule has 1 heterocycles. The fraction of sp³-hybridized carbons (Fsp3) is 0.375. The van der Waals surface area contributed by atoms with Gasteiger partial charge in [0, 0.05) is 5.92 Å². The lowest BCUT2D eigenvalue weighted by molar-refractivity contribution is 0.0971. The van der Waals surface area contributed by atoms with Crippen LogP contribution in [0.1, 0.15) is 22.5 Å². The summed E-state index contributed by atoms with van der Waals surface area (Å²) in [5.74, 6) is 0.589. The van der Waals surface area contributed by atoms with Gasteiger partial charge in [-0.2, -0.15) is 0 Å². The Kier molecular flexibility index (Phi) is 1.74. The van der Waals surface area contributed by atoms with Crippen LogP contribution in [0.15, 0.2) is 12.1 Å². The van der Waals surface area contributed by atoms with Gasteiger partial charge in [0.2, 0.25) is 0 Å². The Morgan fingerprint density at radius 1 is 1.55 bits per heavy atom. The lowest BCUT2D eigenvalue weighted by Crippen LogP contribution is -1.96. The minimum atomic E-state index is 0.280. The van der Waals surface area contributed by atoms with Crippen molar-refractivity contribution in [2.75, 3.05) is 0 Å². The van der Waals surface area contributed by atoms with Gasteiger partial charge in [-0.05, 0) is 25.0 Å². The number of hydrogen-bond acceptors (Lipinski definition) is 2. The molecule has 0 saturated heterocycles. The van der Waals surface area contributed by atoms with Gasteiger partial charge in [-0.3, -0.25) is 4.79 Å². The highest BCUT2D eigenvalue weighted by molar-refractivity contribution is 7.18. The van der Waals surface area contributed by atoms with E-state index in [2.05, 4.69) is 0 Å². The number of halogens is 1. The van der Waals surface area contributed by atoms with E-state index in [1.807, 2.05) is 6.07 Å². The molecular formula is C8H7ClOS. The molecular weight excluding hydrogens is 180 g/mol. The van der Waals surface area contributed by atoms with Crippen LogP contribution in [0.4, 0.5) is 0 Å². The van der Waals surface area contributed by atoms with Crippen LogP contribution >= 0.6 is 22.9 Å². The molecule has 1 aromatic heterocycles. The molecule has 0 N–H and O–H groups in total. The number of rotatable bonds is 2. The number of ketones is 1. The fourth-order valence-corrected chi connectivity index (χ4v) is 2.06. The fourth-order valence-electron chi connectivity index (χ4n) is 0.993. The summed E-state index contributed by atoms with van der Waals surface area (Å²) in [6.07, 6.45) is 2.13. The average Bonchev–Trinajstić information content (AvgIpc) is 2.74. The molecule has 1 aromatic rings. The van der Waals surface area contributed by atoms with Crippen LogP contribution in [0.2, 0.25) is 4.34 Å². The van der Waals surface area contributed by atoms with Crippen molar-refractivity contribution in [3.63, 3.8) is 0 Å². The number of thiophene rings is 1. The normalized spacial score (nSPS) is 16.8. The molecule has 1 aliphatic rings. The lowest BCUT2D eigenvalue weighted by atomic mass is 10.2. The summed E-state index contributed by atoms with van der Waals surface area (Å²) in [4.78, 5) is 12.2. The van der Waals surface area contributed by atoms with Gasteiger partial charge < -0.3 is 0 Å². The zero-order valence-electron chi connectivity index (χ0n) is 5.84. The minimum absolute atomic E-state index is 0.280. The predicted octanol–water partition coefficient (Wildman–Crippen LogP) is 2.99. The Labute approximate surface area is 74.0 Å². The van der Waals surface area contributed by atoms with E-state index in [0.717, 1.165) is 17.7 Å². The van der Waals surface area contributed by atoms with Crippen LogP contribution in [0.5, 0.6) is 0 Å². The number of carbonyl (C=O) groups is 1. The molecule has 11 heavy (non-hydrogen) atoms. The van der Waals surface area contributed by atoms with Crippen molar-refractivity contribution in [2.24, 2.45) is 5.92 Å². The topological polar surface area (TPSA) is 17.1 Å². The van der Waals surface area contributed by atoms with Crippen LogP contribution in [-0.2, 0) is 0 Å². The van der Waals surface area contributed by atoms with Gasteiger partial charge in [-0.25, -0.2) is 0 Å². The molecule has 0 atom stereocenters. The first-order valence-electron chi connectivity index (χ1n) is 3.57. The Morgan fingerprint density at radius 3 is 2.73 bits per heavy atom. The summed E-state index contributed by atoms with van der Waals surface area (Å²) in [5.41, 5.74) is 0. The van der Waals surface area contributed by atoms with Crippen molar-refractivity contribution >= 4 is 28.7 Å². The first-order valence-corrected chi connectivity index (χ1v) is 4.76. The van der Waals surface area contributed by atoms with E-state index in [0.29, 0.717) is 10.3 Å². The van der Waals surface area contributed by atoms with E-state index in [-0.39, 0.29) is 5.78 Å². The largest absolute Gasteiger partial charge is 0.293 e. The molecule has 1 nitrogen and oxygen atoms in total. The maximum Gasteiger partial charge on any atom is 0.175 e. The molecule has 0 aromatic carbocycles. The quantitative estimate of drug-likeness (QED) is 0.649. The van der Waals surface area contributed by atoms with E-state index < -0.39 is 0 Å². The smallest absolute Gasteiger partial charge is 0.175 e. The zero-order valence-corrected chi connectivity index (χ0v) is 7.41. The molecule has 1 saturated carbocycles. The van der Waals surface area contributed by atoms with Gasteiger partial charge >= 0.3 is 0 Å². The molecule has 3 heteroatoms. The summed E-state index contributed by atoms with van der Waals surface area (Å²) < 4.78 is 0.703. The zero-order chi connectivity index (χ0) is 7.84. The lowest BCUT2D eigenvalue weighted by Gasteiger charge is -1.89. The van der Waals surface area contributed by atoms with E-state index >= 15 is 0 Å². The van der Waals surface area contributed by atoms with Gasteiger partial charge in [0.15, 0.2) is 5.78 Å². The van der Waals surface area contributed by atoms with E-state index in [4.69, 9.17) is 11.6 Å². The maximum absolute atomic E-state index is 11.4. The monoisotopic (exact) mass is 186 g/mol. The van der Waals surface area contributed by atoms with Gasteiger partial charge in [0.05, 0.1) is 9.21 Å². The van der Waals surface area contributed by atoms with Crippen LogP contribution < -0.4 is 0 Å². The minimum Gasteiger partial charge on any atom is -0.293 e. The predicted molar refractivity (Wildman–Crippen MR) is 46.4 cm³/mol. The van der Waals surface area contributed by atoms with Crippen molar-refractivity contribution in [2.45, 2.75) is 12.8 Å². The van der Waals surface area contributed by atoms with Crippen LogP contribution in [0, 0.1) is 5.92 Å². The number of carbonyl (C=O) groups excluding carboxylic acids is 1. The van der Waals surface area contributed by atoms with Gasteiger partial charge in [-0.1, -0.05) is 11.6 Å². The third kappa shape index (κ3) is 1.47. The maximum atomic E-state index is 11.4. The van der Waals surface area contributed by atoms with Crippen molar-refractivity contribution < 1.29 is 4.79 Å². The Bertz CT molecular complexity index is 288. The van der Waals surface area contributed by atoms with Crippen LogP contribution in [0.25, 0.3) is 0 Å². The van der Waals surface area contributed by atoms with E-state index in [9.17, 15) is 4.79 Å². The van der Waals surface area contributed by atoms with Gasteiger partial charge in [0.1, 0.15) is 0 Å². The Morgan fingerprint density at radius 2 is 2.27 bits per heavy atom. The molecule has 2 rings (SSSR count). The van der Waals surface area contributed by atoms with Crippen LogP contribution in [-0.4, -0.2) is 5.78 Å². The first-order chi connectivity index (χ1) is 5.27.